The van der Waals surface area contributed by atoms with Crippen LogP contribution in [-0.4, -0.2) is 55.3 Å². The number of methoxy groups -OCH3 is 1. The predicted molar refractivity (Wildman–Crippen MR) is 98.7 cm³/mol. The van der Waals surface area contributed by atoms with Gasteiger partial charge in [-0.1, -0.05) is 23.4 Å². The molecule has 136 valence electrons. The van der Waals surface area contributed by atoms with Crippen LogP contribution in [0, 0.1) is 5.92 Å². The first kappa shape index (κ1) is 18.0. The number of rotatable bonds is 8. The van der Waals surface area contributed by atoms with E-state index in [1.165, 1.54) is 31.5 Å². The molecule has 0 bridgehead atoms. The van der Waals surface area contributed by atoms with Crippen LogP contribution in [0.2, 0.25) is 0 Å². The van der Waals surface area contributed by atoms with Crippen LogP contribution in [0.15, 0.2) is 41.1 Å². The molecule has 3 rings (SSSR count). The van der Waals surface area contributed by atoms with Gasteiger partial charge in [0.15, 0.2) is 0 Å². The molecule has 1 aromatic carbocycles. The van der Waals surface area contributed by atoms with E-state index in [0.717, 1.165) is 43.4 Å². The Morgan fingerprint density at radius 3 is 3.00 bits per heavy atom. The molecule has 1 atom stereocenters. The van der Waals surface area contributed by atoms with Crippen LogP contribution < -0.4 is 4.74 Å². The van der Waals surface area contributed by atoms with Gasteiger partial charge in [0.1, 0.15) is 12.0 Å². The Kier molecular flexibility index (Phi) is 6.48. The summed E-state index contributed by atoms with van der Waals surface area (Å²) in [6.07, 6.45) is 5.29. The van der Waals surface area contributed by atoms with Gasteiger partial charge in [-0.3, -0.25) is 0 Å². The Labute approximate surface area is 150 Å². The third-order valence-electron chi connectivity index (χ3n) is 4.99. The first-order valence-corrected chi connectivity index (χ1v) is 9.16. The van der Waals surface area contributed by atoms with Crippen molar-refractivity contribution in [3.63, 3.8) is 0 Å². The van der Waals surface area contributed by atoms with E-state index in [0.29, 0.717) is 0 Å². The van der Waals surface area contributed by atoms with Gasteiger partial charge in [-0.2, -0.15) is 0 Å². The maximum atomic E-state index is 5.47. The van der Waals surface area contributed by atoms with Gasteiger partial charge in [0.2, 0.25) is 0 Å². The average molecular weight is 343 g/mol. The highest BCUT2D eigenvalue weighted by molar-refractivity contribution is 5.33. The van der Waals surface area contributed by atoms with Crippen molar-refractivity contribution in [1.82, 2.24) is 15.0 Å². The molecule has 1 aliphatic rings. The normalized spacial score (nSPS) is 18.6. The van der Waals surface area contributed by atoms with E-state index in [-0.39, 0.29) is 0 Å². The van der Waals surface area contributed by atoms with Gasteiger partial charge in [0.25, 0.3) is 0 Å². The summed E-state index contributed by atoms with van der Waals surface area (Å²) < 4.78 is 10.4. The summed E-state index contributed by atoms with van der Waals surface area (Å²) in [4.78, 5) is 4.96. The number of nitrogens with zero attached hydrogens (tertiary/aromatic N) is 3. The SMILES string of the molecule is COc1ccccc1CCN1CCCC(CN(C)Cc2ccon2)C1. The second-order valence-corrected chi connectivity index (χ2v) is 7.06. The molecule has 5 heteroatoms. The lowest BCUT2D eigenvalue weighted by molar-refractivity contribution is 0.141. The Hall–Kier alpha value is -1.85. The summed E-state index contributed by atoms with van der Waals surface area (Å²) in [6.45, 7) is 5.45. The van der Waals surface area contributed by atoms with E-state index in [1.807, 2.05) is 18.2 Å². The minimum Gasteiger partial charge on any atom is -0.496 e. The zero-order chi connectivity index (χ0) is 17.5. The van der Waals surface area contributed by atoms with E-state index in [2.05, 4.69) is 34.1 Å². The van der Waals surface area contributed by atoms with E-state index in [9.17, 15) is 0 Å². The molecular formula is C20H29N3O2. The Bertz CT molecular complexity index is 630. The zero-order valence-corrected chi connectivity index (χ0v) is 15.4. The Morgan fingerprint density at radius 2 is 2.20 bits per heavy atom. The molecule has 1 aromatic heterocycles. The average Bonchev–Trinajstić information content (AvgIpc) is 3.13. The first-order chi connectivity index (χ1) is 12.2. The number of likely N-dealkylation sites (tertiary alicyclic amines) is 1. The molecule has 5 nitrogen and oxygen atoms in total. The molecule has 1 unspecified atom stereocenters. The van der Waals surface area contributed by atoms with Crippen molar-refractivity contribution in [2.75, 3.05) is 40.3 Å². The topological polar surface area (TPSA) is 41.7 Å². The summed E-state index contributed by atoms with van der Waals surface area (Å²) >= 11 is 0. The molecule has 1 fully saturated rings. The van der Waals surface area contributed by atoms with Crippen LogP contribution in [0.5, 0.6) is 5.75 Å². The summed E-state index contributed by atoms with van der Waals surface area (Å²) in [6, 6.07) is 10.3. The fourth-order valence-corrected chi connectivity index (χ4v) is 3.79. The van der Waals surface area contributed by atoms with Crippen molar-refractivity contribution >= 4 is 0 Å². The third-order valence-corrected chi connectivity index (χ3v) is 4.99. The molecule has 1 saturated heterocycles. The van der Waals surface area contributed by atoms with Gasteiger partial charge in [0.05, 0.1) is 12.8 Å². The number of aromatic nitrogens is 1. The summed E-state index contributed by atoms with van der Waals surface area (Å²) in [7, 11) is 3.92. The van der Waals surface area contributed by atoms with E-state index in [1.54, 1.807) is 13.4 Å². The second-order valence-electron chi connectivity index (χ2n) is 7.06. The first-order valence-electron chi connectivity index (χ1n) is 9.16. The highest BCUT2D eigenvalue weighted by Crippen LogP contribution is 2.21. The number of hydrogen-bond acceptors (Lipinski definition) is 5. The molecule has 25 heavy (non-hydrogen) atoms. The van der Waals surface area contributed by atoms with Crippen molar-refractivity contribution in [2.45, 2.75) is 25.8 Å². The van der Waals surface area contributed by atoms with Crippen LogP contribution in [0.3, 0.4) is 0 Å². The summed E-state index contributed by atoms with van der Waals surface area (Å²) in [5.41, 5.74) is 2.31. The summed E-state index contributed by atoms with van der Waals surface area (Å²) in [5, 5.41) is 4.00. The Balaban J connectivity index is 1.46. The molecule has 0 N–H and O–H groups in total. The fraction of sp³-hybridized carbons (Fsp3) is 0.550. The van der Waals surface area contributed by atoms with Crippen molar-refractivity contribution in [3.05, 3.63) is 47.9 Å². The monoisotopic (exact) mass is 343 g/mol. The molecule has 0 amide bonds. The quantitative estimate of drug-likeness (QED) is 0.737. The summed E-state index contributed by atoms with van der Waals surface area (Å²) in [5.74, 6) is 1.73. The van der Waals surface area contributed by atoms with Crippen molar-refractivity contribution in [3.8, 4) is 5.75 Å². The van der Waals surface area contributed by atoms with E-state index < -0.39 is 0 Å². The highest BCUT2D eigenvalue weighted by Gasteiger charge is 2.21. The molecule has 0 spiro atoms. The van der Waals surface area contributed by atoms with Gasteiger partial charge in [-0.05, 0) is 50.4 Å². The minimum atomic E-state index is 0.725. The van der Waals surface area contributed by atoms with Gasteiger partial charge in [-0.25, -0.2) is 0 Å². The van der Waals surface area contributed by atoms with Crippen LogP contribution in [0.25, 0.3) is 0 Å². The lowest BCUT2D eigenvalue weighted by atomic mass is 9.97. The van der Waals surface area contributed by atoms with Gasteiger partial charge < -0.3 is 19.1 Å². The van der Waals surface area contributed by atoms with Crippen molar-refractivity contribution in [2.24, 2.45) is 5.92 Å². The van der Waals surface area contributed by atoms with Crippen LogP contribution >= 0.6 is 0 Å². The smallest absolute Gasteiger partial charge is 0.124 e. The number of para-hydroxylation sites is 1. The van der Waals surface area contributed by atoms with Gasteiger partial charge >= 0.3 is 0 Å². The van der Waals surface area contributed by atoms with Crippen molar-refractivity contribution in [1.29, 1.82) is 0 Å². The molecule has 1 aliphatic heterocycles. The number of ether oxygens (including phenoxy) is 1. The zero-order valence-electron chi connectivity index (χ0n) is 15.4. The highest BCUT2D eigenvalue weighted by atomic mass is 16.5. The predicted octanol–water partition coefficient (Wildman–Crippen LogP) is 3.07. The van der Waals surface area contributed by atoms with Gasteiger partial charge in [0, 0.05) is 32.2 Å². The van der Waals surface area contributed by atoms with Gasteiger partial charge in [-0.15, -0.1) is 0 Å². The fourth-order valence-electron chi connectivity index (χ4n) is 3.79. The maximum absolute atomic E-state index is 5.47. The second kappa shape index (κ2) is 9.02. The molecule has 0 saturated carbocycles. The van der Waals surface area contributed by atoms with Crippen LogP contribution in [0.1, 0.15) is 24.1 Å². The van der Waals surface area contributed by atoms with Crippen LogP contribution in [-0.2, 0) is 13.0 Å². The number of hydrogen-bond donors (Lipinski definition) is 0. The largest absolute Gasteiger partial charge is 0.496 e. The molecule has 0 radical (unpaired) electrons. The minimum absolute atomic E-state index is 0.725. The third kappa shape index (κ3) is 5.31. The lowest BCUT2D eigenvalue weighted by Gasteiger charge is -2.34. The maximum Gasteiger partial charge on any atom is 0.124 e. The van der Waals surface area contributed by atoms with E-state index >= 15 is 0 Å². The number of benzene rings is 1. The Morgan fingerprint density at radius 1 is 1.32 bits per heavy atom. The molecule has 2 heterocycles. The standard InChI is InChI=1S/C20H29N3O2/c1-22(16-19-10-13-25-21-19)14-17-6-5-11-23(15-17)12-9-18-7-3-4-8-20(18)24-2/h3-4,7-8,10,13,17H,5-6,9,11-12,14-16H2,1-2H3. The van der Waals surface area contributed by atoms with E-state index in [4.69, 9.17) is 9.26 Å². The molecule has 2 aromatic rings. The number of piperidine rings is 1. The molecular weight excluding hydrogens is 314 g/mol. The lowest BCUT2D eigenvalue weighted by Crippen LogP contribution is -2.40. The van der Waals surface area contributed by atoms with Crippen molar-refractivity contribution < 1.29 is 9.26 Å². The van der Waals surface area contributed by atoms with Crippen LogP contribution in [0.4, 0.5) is 0 Å². The molecule has 0 aliphatic carbocycles.